The van der Waals surface area contributed by atoms with Gasteiger partial charge in [0.1, 0.15) is 0 Å². The van der Waals surface area contributed by atoms with E-state index in [2.05, 4.69) is 44.5 Å². The molecule has 0 aliphatic carbocycles. The molecule has 0 radical (unpaired) electrons. The summed E-state index contributed by atoms with van der Waals surface area (Å²) < 4.78 is 1.15. The zero-order valence-electron chi connectivity index (χ0n) is 9.48. The smallest absolute Gasteiger partial charge is 0.0701 e. The van der Waals surface area contributed by atoms with Crippen molar-refractivity contribution in [2.75, 3.05) is 0 Å². The van der Waals surface area contributed by atoms with Crippen LogP contribution in [-0.2, 0) is 6.42 Å². The van der Waals surface area contributed by atoms with Crippen molar-refractivity contribution >= 4 is 27.3 Å². The zero-order chi connectivity index (χ0) is 12.3. The van der Waals surface area contributed by atoms with Crippen LogP contribution in [0.2, 0.25) is 0 Å². The van der Waals surface area contributed by atoms with Crippen molar-refractivity contribution in [3.8, 4) is 0 Å². The molecule has 0 amide bonds. The summed E-state index contributed by atoms with van der Waals surface area (Å²) in [6.07, 6.45) is 2.70. The molecule has 0 saturated heterocycles. The lowest BCUT2D eigenvalue weighted by atomic mass is 10.0. The fourth-order valence-corrected chi connectivity index (χ4v) is 3.25. The van der Waals surface area contributed by atoms with Gasteiger partial charge in [0.2, 0.25) is 0 Å². The van der Waals surface area contributed by atoms with Gasteiger partial charge < -0.3 is 0 Å². The van der Waals surface area contributed by atoms with Crippen molar-refractivity contribution in [3.63, 3.8) is 0 Å². The van der Waals surface area contributed by atoms with Gasteiger partial charge in [-0.3, -0.25) is 16.3 Å². The second kappa shape index (κ2) is 5.73. The van der Waals surface area contributed by atoms with Crippen molar-refractivity contribution < 1.29 is 0 Å². The molecule has 5 heteroatoms. The minimum atomic E-state index is 0.127. The van der Waals surface area contributed by atoms with Crippen LogP contribution in [0.25, 0.3) is 0 Å². The van der Waals surface area contributed by atoms with E-state index in [0.29, 0.717) is 0 Å². The molecule has 1 atom stereocenters. The van der Waals surface area contributed by atoms with Crippen LogP contribution < -0.4 is 11.3 Å². The van der Waals surface area contributed by atoms with Gasteiger partial charge in [-0.05, 0) is 52.7 Å². The van der Waals surface area contributed by atoms with Crippen molar-refractivity contribution in [1.29, 1.82) is 0 Å². The van der Waals surface area contributed by atoms with Crippen LogP contribution in [0.1, 0.15) is 22.2 Å². The molecule has 0 aliphatic rings. The Morgan fingerprint density at radius 3 is 2.88 bits per heavy atom. The average molecular weight is 312 g/mol. The largest absolute Gasteiger partial charge is 0.271 e. The van der Waals surface area contributed by atoms with Gasteiger partial charge in [-0.2, -0.15) is 0 Å². The number of nitrogens with zero attached hydrogens (tertiary/aromatic N) is 1. The van der Waals surface area contributed by atoms with Gasteiger partial charge in [0.25, 0.3) is 0 Å². The van der Waals surface area contributed by atoms with Crippen LogP contribution in [0, 0.1) is 6.92 Å². The van der Waals surface area contributed by atoms with Crippen molar-refractivity contribution in [2.45, 2.75) is 19.4 Å². The third kappa shape index (κ3) is 3.35. The average Bonchev–Trinajstić information content (AvgIpc) is 2.72. The van der Waals surface area contributed by atoms with Gasteiger partial charge in [-0.1, -0.05) is 0 Å². The maximum atomic E-state index is 5.63. The SMILES string of the molecule is Cc1cc(C(Cc2ccc(Br)s2)NN)ccn1. The zero-order valence-corrected chi connectivity index (χ0v) is 11.9. The van der Waals surface area contributed by atoms with E-state index in [-0.39, 0.29) is 6.04 Å². The standard InChI is InChI=1S/C12H14BrN3S/c1-8-6-9(4-5-15-8)11(16-14)7-10-2-3-12(13)17-10/h2-6,11,16H,7,14H2,1H3. The second-order valence-electron chi connectivity index (χ2n) is 3.86. The highest BCUT2D eigenvalue weighted by atomic mass is 79.9. The van der Waals surface area contributed by atoms with Gasteiger partial charge in [0.15, 0.2) is 0 Å². The van der Waals surface area contributed by atoms with E-state index < -0.39 is 0 Å². The molecule has 2 aromatic rings. The first kappa shape index (κ1) is 12.7. The number of pyridine rings is 1. The number of rotatable bonds is 4. The summed E-state index contributed by atoms with van der Waals surface area (Å²) >= 11 is 5.20. The number of aromatic nitrogens is 1. The lowest BCUT2D eigenvalue weighted by Gasteiger charge is -2.15. The molecule has 1 unspecified atom stereocenters. The summed E-state index contributed by atoms with van der Waals surface area (Å²) in [6, 6.07) is 8.37. The molecule has 0 saturated carbocycles. The van der Waals surface area contributed by atoms with E-state index in [4.69, 9.17) is 5.84 Å². The quantitative estimate of drug-likeness (QED) is 0.674. The van der Waals surface area contributed by atoms with Crippen LogP contribution >= 0.6 is 27.3 Å². The van der Waals surface area contributed by atoms with Crippen molar-refractivity contribution in [2.24, 2.45) is 5.84 Å². The summed E-state index contributed by atoms with van der Waals surface area (Å²) in [5, 5.41) is 0. The van der Waals surface area contributed by atoms with Crippen LogP contribution in [-0.4, -0.2) is 4.98 Å². The number of aryl methyl sites for hydroxylation is 1. The molecule has 0 bridgehead atoms. The maximum Gasteiger partial charge on any atom is 0.0701 e. The first-order valence-corrected chi connectivity index (χ1v) is 6.93. The van der Waals surface area contributed by atoms with E-state index >= 15 is 0 Å². The first-order chi connectivity index (χ1) is 8.19. The molecule has 2 rings (SSSR count). The normalized spacial score (nSPS) is 12.6. The Morgan fingerprint density at radius 1 is 1.47 bits per heavy atom. The summed E-state index contributed by atoms with van der Waals surface area (Å²) in [5.41, 5.74) is 5.05. The minimum absolute atomic E-state index is 0.127. The number of hydrogen-bond donors (Lipinski definition) is 2. The lowest BCUT2D eigenvalue weighted by Crippen LogP contribution is -2.29. The van der Waals surface area contributed by atoms with Gasteiger partial charge in [-0.25, -0.2) is 0 Å². The minimum Gasteiger partial charge on any atom is -0.271 e. The molecule has 90 valence electrons. The Kier molecular flexibility index (Phi) is 4.28. The number of halogens is 1. The predicted octanol–water partition coefficient (Wildman–Crippen LogP) is 2.96. The lowest BCUT2D eigenvalue weighted by molar-refractivity contribution is 0.554. The predicted molar refractivity (Wildman–Crippen MR) is 74.8 cm³/mol. The summed E-state index contributed by atoms with van der Waals surface area (Å²) in [6.45, 7) is 1.98. The second-order valence-corrected chi connectivity index (χ2v) is 6.41. The van der Waals surface area contributed by atoms with E-state index in [1.165, 1.54) is 10.4 Å². The number of thiophene rings is 1. The molecule has 3 N–H and O–H groups in total. The Balaban J connectivity index is 2.16. The summed E-state index contributed by atoms with van der Waals surface area (Å²) in [5.74, 6) is 5.63. The molecule has 0 spiro atoms. The summed E-state index contributed by atoms with van der Waals surface area (Å²) in [4.78, 5) is 5.49. The van der Waals surface area contributed by atoms with E-state index in [1.54, 1.807) is 11.3 Å². The van der Waals surface area contributed by atoms with Crippen molar-refractivity contribution in [1.82, 2.24) is 10.4 Å². The molecule has 2 heterocycles. The molecule has 17 heavy (non-hydrogen) atoms. The Hall–Kier alpha value is -0.750. The van der Waals surface area contributed by atoms with E-state index in [9.17, 15) is 0 Å². The highest BCUT2D eigenvalue weighted by molar-refractivity contribution is 9.11. The Labute approximate surface area is 113 Å². The summed E-state index contributed by atoms with van der Waals surface area (Å²) in [7, 11) is 0. The highest BCUT2D eigenvalue weighted by Gasteiger charge is 2.12. The number of nitrogens with one attached hydrogen (secondary N) is 1. The van der Waals surface area contributed by atoms with Gasteiger partial charge in [0, 0.05) is 23.2 Å². The molecular formula is C12H14BrN3S. The van der Waals surface area contributed by atoms with Crippen LogP contribution in [0.4, 0.5) is 0 Å². The van der Waals surface area contributed by atoms with Gasteiger partial charge in [0.05, 0.1) is 9.83 Å². The molecule has 0 aliphatic heterocycles. The molecule has 2 aromatic heterocycles. The highest BCUT2D eigenvalue weighted by Crippen LogP contribution is 2.26. The van der Waals surface area contributed by atoms with Crippen LogP contribution in [0.5, 0.6) is 0 Å². The third-order valence-electron chi connectivity index (χ3n) is 2.56. The van der Waals surface area contributed by atoms with Crippen LogP contribution in [0.3, 0.4) is 0 Å². The maximum absolute atomic E-state index is 5.63. The van der Waals surface area contributed by atoms with Gasteiger partial charge in [-0.15, -0.1) is 11.3 Å². The Morgan fingerprint density at radius 2 is 2.29 bits per heavy atom. The van der Waals surface area contributed by atoms with Crippen molar-refractivity contribution in [3.05, 3.63) is 50.4 Å². The van der Waals surface area contributed by atoms with E-state index in [0.717, 1.165) is 15.9 Å². The molecule has 0 fully saturated rings. The topological polar surface area (TPSA) is 50.9 Å². The molecular weight excluding hydrogens is 298 g/mol. The Bertz CT molecular complexity index is 498. The molecule has 3 nitrogen and oxygen atoms in total. The number of hydrazine groups is 1. The monoisotopic (exact) mass is 311 g/mol. The number of nitrogens with two attached hydrogens (primary N) is 1. The van der Waals surface area contributed by atoms with Gasteiger partial charge >= 0.3 is 0 Å². The third-order valence-corrected chi connectivity index (χ3v) is 4.20. The fraction of sp³-hybridized carbons (Fsp3) is 0.250. The van der Waals surface area contributed by atoms with Crippen LogP contribution in [0.15, 0.2) is 34.2 Å². The first-order valence-electron chi connectivity index (χ1n) is 5.32. The number of hydrogen-bond acceptors (Lipinski definition) is 4. The fourth-order valence-electron chi connectivity index (χ4n) is 1.72. The van der Waals surface area contributed by atoms with E-state index in [1.807, 2.05) is 19.2 Å². The molecule has 0 aromatic carbocycles.